The van der Waals surface area contributed by atoms with Gasteiger partial charge in [-0.2, -0.15) is 0 Å². The van der Waals surface area contributed by atoms with Crippen LogP contribution in [0.3, 0.4) is 0 Å². The third kappa shape index (κ3) is 3.47. The molecule has 0 saturated carbocycles. The summed E-state index contributed by atoms with van der Waals surface area (Å²) in [7, 11) is 0. The van der Waals surface area contributed by atoms with Crippen LogP contribution < -0.4 is 10.9 Å². The van der Waals surface area contributed by atoms with Gasteiger partial charge in [0.1, 0.15) is 0 Å². The predicted molar refractivity (Wildman–Crippen MR) is 107 cm³/mol. The van der Waals surface area contributed by atoms with Crippen LogP contribution in [0.1, 0.15) is 34.5 Å². The molecule has 1 saturated heterocycles. The van der Waals surface area contributed by atoms with Crippen molar-refractivity contribution in [1.82, 2.24) is 15.2 Å². The number of aromatic nitrogens is 1. The van der Waals surface area contributed by atoms with Crippen LogP contribution in [-0.2, 0) is 4.79 Å². The molecule has 2 amide bonds. The van der Waals surface area contributed by atoms with E-state index in [2.05, 4.69) is 10.3 Å². The second-order valence-electron chi connectivity index (χ2n) is 6.95. The van der Waals surface area contributed by atoms with Gasteiger partial charge in [-0.25, -0.2) is 0 Å². The molecule has 140 valence electrons. The monoisotopic (exact) mass is 383 g/mol. The van der Waals surface area contributed by atoms with Gasteiger partial charge in [0.25, 0.3) is 11.5 Å². The second-order valence-corrected chi connectivity index (χ2v) is 8.00. The normalized spacial score (nSPS) is 14.4. The molecule has 0 spiro atoms. The summed E-state index contributed by atoms with van der Waals surface area (Å²) in [6.07, 6.45) is 2.29. The molecule has 1 aliphatic heterocycles. The lowest BCUT2D eigenvalue weighted by Crippen LogP contribution is -2.30. The number of carbonyl (C=O) groups is 2. The molecule has 0 radical (unpaired) electrons. The Labute approximate surface area is 160 Å². The number of aromatic amines is 1. The van der Waals surface area contributed by atoms with Crippen molar-refractivity contribution < 1.29 is 9.59 Å². The minimum absolute atomic E-state index is 0.177. The number of amides is 2. The minimum Gasteiger partial charge on any atom is -0.351 e. The van der Waals surface area contributed by atoms with E-state index in [9.17, 15) is 14.4 Å². The Kier molecular flexibility index (Phi) is 4.70. The Balaban J connectivity index is 1.50. The Morgan fingerprint density at radius 3 is 2.89 bits per heavy atom. The van der Waals surface area contributed by atoms with E-state index in [0.717, 1.165) is 40.6 Å². The molecular formula is C20H21N3O3S. The summed E-state index contributed by atoms with van der Waals surface area (Å²) in [5.41, 5.74) is 1.71. The third-order valence-electron chi connectivity index (χ3n) is 4.93. The maximum absolute atomic E-state index is 12.5. The lowest BCUT2D eigenvalue weighted by Gasteiger charge is -2.15. The molecule has 7 heteroatoms. The molecule has 0 bridgehead atoms. The van der Waals surface area contributed by atoms with Crippen LogP contribution in [-0.4, -0.2) is 41.3 Å². The van der Waals surface area contributed by atoms with Gasteiger partial charge in [-0.05, 0) is 38.0 Å². The fourth-order valence-electron chi connectivity index (χ4n) is 3.52. The van der Waals surface area contributed by atoms with Gasteiger partial charge in [0.2, 0.25) is 5.91 Å². The fourth-order valence-corrected chi connectivity index (χ4v) is 4.62. The molecule has 3 aromatic rings. The first kappa shape index (κ1) is 17.7. The van der Waals surface area contributed by atoms with Crippen molar-refractivity contribution in [2.24, 2.45) is 0 Å². The molecule has 1 aliphatic rings. The number of pyridine rings is 1. The number of H-pyrrole nitrogens is 1. The van der Waals surface area contributed by atoms with Crippen molar-refractivity contribution in [3.05, 3.63) is 45.1 Å². The van der Waals surface area contributed by atoms with Gasteiger partial charge in [-0.1, -0.05) is 11.6 Å². The number of hydrogen-bond donors (Lipinski definition) is 2. The Hall–Kier alpha value is -2.67. The van der Waals surface area contributed by atoms with Crippen LogP contribution >= 0.6 is 11.3 Å². The van der Waals surface area contributed by atoms with Crippen LogP contribution in [0.15, 0.2) is 29.1 Å². The molecule has 4 rings (SSSR count). The van der Waals surface area contributed by atoms with E-state index in [1.807, 2.05) is 30.0 Å². The summed E-state index contributed by atoms with van der Waals surface area (Å²) in [5.74, 6) is 0.0244. The van der Waals surface area contributed by atoms with E-state index in [-0.39, 0.29) is 17.4 Å². The van der Waals surface area contributed by atoms with Gasteiger partial charge in [0.05, 0.1) is 10.3 Å². The Morgan fingerprint density at radius 1 is 1.26 bits per heavy atom. The summed E-state index contributed by atoms with van der Waals surface area (Å²) < 4.78 is 0.838. The second kappa shape index (κ2) is 7.15. The lowest BCUT2D eigenvalue weighted by molar-refractivity contribution is -0.127. The van der Waals surface area contributed by atoms with Crippen molar-refractivity contribution in [3.63, 3.8) is 0 Å². The average molecular weight is 383 g/mol. The van der Waals surface area contributed by atoms with E-state index in [1.54, 1.807) is 6.07 Å². The molecule has 0 aliphatic carbocycles. The van der Waals surface area contributed by atoms with Crippen molar-refractivity contribution in [3.8, 4) is 0 Å². The number of benzene rings is 1. The van der Waals surface area contributed by atoms with Gasteiger partial charge in [-0.15, -0.1) is 11.3 Å². The largest absolute Gasteiger partial charge is 0.351 e. The number of nitrogens with zero attached hydrogens (tertiary/aromatic N) is 1. The van der Waals surface area contributed by atoms with Gasteiger partial charge in [0, 0.05) is 41.7 Å². The highest BCUT2D eigenvalue weighted by atomic mass is 32.1. The zero-order valence-corrected chi connectivity index (χ0v) is 15.9. The Morgan fingerprint density at radius 2 is 2.11 bits per heavy atom. The third-order valence-corrected chi connectivity index (χ3v) is 6.10. The fraction of sp³-hybridized carbons (Fsp3) is 0.350. The number of likely N-dealkylation sites (tertiary alicyclic amines) is 1. The van der Waals surface area contributed by atoms with Crippen molar-refractivity contribution in [2.75, 3.05) is 19.6 Å². The van der Waals surface area contributed by atoms with Crippen LogP contribution in [0.4, 0.5) is 0 Å². The summed E-state index contributed by atoms with van der Waals surface area (Å²) in [4.78, 5) is 41.7. The number of fused-ring (bicyclic) bond motifs is 3. The first-order valence-electron chi connectivity index (χ1n) is 9.15. The highest BCUT2D eigenvalue weighted by molar-refractivity contribution is 7.21. The molecule has 1 fully saturated rings. The molecule has 0 atom stereocenters. The van der Waals surface area contributed by atoms with Gasteiger partial charge in [-0.3, -0.25) is 14.4 Å². The van der Waals surface area contributed by atoms with Gasteiger partial charge in [0.15, 0.2) is 0 Å². The molecule has 3 heterocycles. The lowest BCUT2D eigenvalue weighted by atomic mass is 10.1. The summed E-state index contributed by atoms with van der Waals surface area (Å²) >= 11 is 1.34. The molecule has 2 N–H and O–H groups in total. The first-order valence-corrected chi connectivity index (χ1v) is 9.97. The van der Waals surface area contributed by atoms with Crippen LogP contribution in [0, 0.1) is 6.92 Å². The number of rotatable bonds is 5. The van der Waals surface area contributed by atoms with Crippen molar-refractivity contribution in [2.45, 2.75) is 26.2 Å². The van der Waals surface area contributed by atoms with E-state index in [4.69, 9.17) is 0 Å². The number of thiophene rings is 1. The van der Waals surface area contributed by atoms with Gasteiger partial charge < -0.3 is 15.2 Å². The summed E-state index contributed by atoms with van der Waals surface area (Å²) in [6.45, 7) is 4.00. The predicted octanol–water partition coefficient (Wildman–Crippen LogP) is 2.79. The van der Waals surface area contributed by atoms with Gasteiger partial charge >= 0.3 is 0 Å². The van der Waals surface area contributed by atoms with Crippen LogP contribution in [0.2, 0.25) is 0 Å². The average Bonchev–Trinajstić information content (AvgIpc) is 3.26. The van der Waals surface area contributed by atoms with E-state index >= 15 is 0 Å². The molecule has 1 aromatic carbocycles. The smallest absolute Gasteiger partial charge is 0.261 e. The standard InChI is InChI=1S/C20H21N3O3S/c1-12-5-6-15-13(10-12)18-14(19(25)22-15)11-16(27-18)20(26)21-7-3-9-23-8-2-4-17(23)24/h5-6,10-11H,2-4,7-9H2,1H3,(H,21,26)(H,22,25). The van der Waals surface area contributed by atoms with Crippen molar-refractivity contribution >= 4 is 44.1 Å². The first-order chi connectivity index (χ1) is 13.0. The van der Waals surface area contributed by atoms with E-state index in [1.165, 1.54) is 11.3 Å². The van der Waals surface area contributed by atoms with E-state index in [0.29, 0.717) is 29.8 Å². The topological polar surface area (TPSA) is 82.3 Å². The molecule has 6 nitrogen and oxygen atoms in total. The number of aryl methyl sites for hydroxylation is 1. The highest BCUT2D eigenvalue weighted by Crippen LogP contribution is 2.30. The summed E-state index contributed by atoms with van der Waals surface area (Å²) in [6, 6.07) is 7.54. The molecular weight excluding hydrogens is 362 g/mol. The van der Waals surface area contributed by atoms with Crippen molar-refractivity contribution in [1.29, 1.82) is 0 Å². The molecule has 0 unspecified atom stereocenters. The zero-order chi connectivity index (χ0) is 19.0. The van der Waals surface area contributed by atoms with Crippen LogP contribution in [0.5, 0.6) is 0 Å². The minimum atomic E-state index is -0.177. The van der Waals surface area contributed by atoms with Crippen LogP contribution in [0.25, 0.3) is 21.0 Å². The number of nitrogens with one attached hydrogen (secondary N) is 2. The SMILES string of the molecule is Cc1ccc2[nH]c(=O)c3cc(C(=O)NCCCN4CCCC4=O)sc3c2c1. The quantitative estimate of drug-likeness (QED) is 0.665. The maximum atomic E-state index is 12.5. The molecule has 27 heavy (non-hydrogen) atoms. The number of hydrogen-bond acceptors (Lipinski definition) is 4. The maximum Gasteiger partial charge on any atom is 0.261 e. The molecule has 2 aromatic heterocycles. The Bertz CT molecular complexity index is 1100. The number of carbonyl (C=O) groups excluding carboxylic acids is 2. The summed E-state index contributed by atoms with van der Waals surface area (Å²) in [5, 5.41) is 4.41. The van der Waals surface area contributed by atoms with E-state index < -0.39 is 0 Å². The zero-order valence-electron chi connectivity index (χ0n) is 15.1. The highest BCUT2D eigenvalue weighted by Gasteiger charge is 2.19.